The first-order valence-corrected chi connectivity index (χ1v) is 4.17. The van der Waals surface area contributed by atoms with Gasteiger partial charge >= 0.3 is 0 Å². The van der Waals surface area contributed by atoms with Gasteiger partial charge in [0.1, 0.15) is 5.84 Å². The van der Waals surface area contributed by atoms with Crippen molar-refractivity contribution in [2.45, 2.75) is 0 Å². The van der Waals surface area contributed by atoms with Crippen molar-refractivity contribution in [3.63, 3.8) is 0 Å². The lowest BCUT2D eigenvalue weighted by Gasteiger charge is -2.14. The van der Waals surface area contributed by atoms with Crippen LogP contribution in [0.3, 0.4) is 0 Å². The van der Waals surface area contributed by atoms with Crippen molar-refractivity contribution in [1.82, 2.24) is 0 Å². The molecule has 0 fully saturated rings. The van der Waals surface area contributed by atoms with Gasteiger partial charge in [-0.15, -0.1) is 0 Å². The standard InChI is InChI=1S/C11H13N3/c1-3-14(4-2)10-7-5-9(6-8-10)11(12)13/h3-8H,1-2H2,(H3,12,13). The van der Waals surface area contributed by atoms with E-state index in [0.29, 0.717) is 5.56 Å². The third kappa shape index (κ3) is 2.01. The number of nitrogen functional groups attached to an aromatic ring is 1. The fourth-order valence-electron chi connectivity index (χ4n) is 1.10. The predicted molar refractivity (Wildman–Crippen MR) is 60.3 cm³/mol. The molecule has 0 atom stereocenters. The normalized spacial score (nSPS) is 9.14. The number of amidine groups is 1. The highest BCUT2D eigenvalue weighted by Crippen LogP contribution is 2.15. The van der Waals surface area contributed by atoms with Gasteiger partial charge in [-0.3, -0.25) is 5.41 Å². The molecule has 0 bridgehead atoms. The van der Waals surface area contributed by atoms with Crippen LogP contribution in [0.25, 0.3) is 0 Å². The smallest absolute Gasteiger partial charge is 0.122 e. The van der Waals surface area contributed by atoms with Crippen LogP contribution in [0, 0.1) is 5.41 Å². The molecule has 1 rings (SSSR count). The van der Waals surface area contributed by atoms with Crippen LogP contribution in [0.15, 0.2) is 49.8 Å². The van der Waals surface area contributed by atoms with Crippen LogP contribution in [0.2, 0.25) is 0 Å². The molecular weight excluding hydrogens is 174 g/mol. The second-order valence-electron chi connectivity index (χ2n) is 2.73. The predicted octanol–water partition coefficient (Wildman–Crippen LogP) is 2.06. The summed E-state index contributed by atoms with van der Waals surface area (Å²) < 4.78 is 0. The van der Waals surface area contributed by atoms with E-state index in [9.17, 15) is 0 Å². The number of nitrogens with zero attached hydrogens (tertiary/aromatic N) is 1. The minimum absolute atomic E-state index is 0.0697. The number of rotatable bonds is 4. The summed E-state index contributed by atoms with van der Waals surface area (Å²) in [6.07, 6.45) is 3.32. The largest absolute Gasteiger partial charge is 0.384 e. The van der Waals surface area contributed by atoms with Gasteiger partial charge in [-0.2, -0.15) is 0 Å². The Morgan fingerprint density at radius 3 is 2.07 bits per heavy atom. The maximum atomic E-state index is 7.23. The summed E-state index contributed by atoms with van der Waals surface area (Å²) >= 11 is 0. The molecule has 0 amide bonds. The Balaban J connectivity index is 2.98. The van der Waals surface area contributed by atoms with E-state index < -0.39 is 0 Å². The molecule has 1 aromatic rings. The Bertz CT molecular complexity index is 343. The molecule has 72 valence electrons. The third-order valence-corrected chi connectivity index (χ3v) is 1.87. The van der Waals surface area contributed by atoms with Crippen LogP contribution in [0.1, 0.15) is 5.56 Å². The molecule has 0 saturated carbocycles. The number of nitrogens with two attached hydrogens (primary N) is 1. The van der Waals surface area contributed by atoms with E-state index >= 15 is 0 Å². The van der Waals surface area contributed by atoms with Gasteiger partial charge < -0.3 is 10.6 Å². The Hall–Kier alpha value is -2.03. The van der Waals surface area contributed by atoms with Gasteiger partial charge in [0.15, 0.2) is 0 Å². The van der Waals surface area contributed by atoms with Crippen molar-refractivity contribution in [1.29, 1.82) is 5.41 Å². The number of hydrogen-bond donors (Lipinski definition) is 2. The van der Waals surface area contributed by atoms with Crippen LogP contribution in [-0.2, 0) is 0 Å². The van der Waals surface area contributed by atoms with Crippen LogP contribution >= 0.6 is 0 Å². The minimum Gasteiger partial charge on any atom is -0.384 e. The van der Waals surface area contributed by atoms with Crippen LogP contribution < -0.4 is 10.6 Å². The first kappa shape index (κ1) is 10.1. The number of anilines is 1. The number of benzene rings is 1. The summed E-state index contributed by atoms with van der Waals surface area (Å²) in [4.78, 5) is 1.78. The van der Waals surface area contributed by atoms with Crippen molar-refractivity contribution in [3.05, 3.63) is 55.4 Å². The fourth-order valence-corrected chi connectivity index (χ4v) is 1.10. The molecule has 0 heterocycles. The molecule has 3 N–H and O–H groups in total. The summed E-state index contributed by atoms with van der Waals surface area (Å²) in [5, 5.41) is 7.23. The molecule has 0 radical (unpaired) electrons. The van der Waals surface area contributed by atoms with E-state index in [2.05, 4.69) is 13.2 Å². The second-order valence-corrected chi connectivity index (χ2v) is 2.73. The SMILES string of the molecule is C=CN(C=C)c1ccc(C(=N)N)cc1. The molecule has 3 heteroatoms. The van der Waals surface area contributed by atoms with E-state index in [1.807, 2.05) is 12.1 Å². The molecule has 0 aromatic heterocycles. The molecule has 0 spiro atoms. The maximum Gasteiger partial charge on any atom is 0.122 e. The van der Waals surface area contributed by atoms with Crippen molar-refractivity contribution in [3.8, 4) is 0 Å². The molecule has 3 nitrogen and oxygen atoms in total. The van der Waals surface area contributed by atoms with Gasteiger partial charge in [0.25, 0.3) is 0 Å². The molecule has 1 aromatic carbocycles. The molecule has 0 unspecified atom stereocenters. The zero-order valence-electron chi connectivity index (χ0n) is 7.90. The minimum atomic E-state index is 0.0697. The lowest BCUT2D eigenvalue weighted by Crippen LogP contribution is -2.11. The fraction of sp³-hybridized carbons (Fsp3) is 0. The van der Waals surface area contributed by atoms with E-state index in [-0.39, 0.29) is 5.84 Å². The van der Waals surface area contributed by atoms with Crippen molar-refractivity contribution >= 4 is 11.5 Å². The van der Waals surface area contributed by atoms with Crippen LogP contribution in [0.5, 0.6) is 0 Å². The lowest BCUT2D eigenvalue weighted by atomic mass is 10.2. The monoisotopic (exact) mass is 187 g/mol. The van der Waals surface area contributed by atoms with Crippen LogP contribution in [0.4, 0.5) is 5.69 Å². The van der Waals surface area contributed by atoms with Crippen LogP contribution in [-0.4, -0.2) is 5.84 Å². The van der Waals surface area contributed by atoms with Gasteiger partial charge in [0, 0.05) is 23.7 Å². The molecular formula is C11H13N3. The highest BCUT2D eigenvalue weighted by molar-refractivity contribution is 5.95. The zero-order chi connectivity index (χ0) is 10.6. The number of hydrogen-bond acceptors (Lipinski definition) is 2. The van der Waals surface area contributed by atoms with Gasteiger partial charge in [0.2, 0.25) is 0 Å². The second kappa shape index (κ2) is 4.28. The highest BCUT2D eigenvalue weighted by atomic mass is 15.1. The van der Waals surface area contributed by atoms with Gasteiger partial charge in [-0.05, 0) is 24.3 Å². The Labute approximate surface area is 83.7 Å². The summed E-state index contributed by atoms with van der Waals surface area (Å²) in [6, 6.07) is 7.30. The number of nitrogens with one attached hydrogen (secondary N) is 1. The summed E-state index contributed by atoms with van der Waals surface area (Å²) in [7, 11) is 0. The third-order valence-electron chi connectivity index (χ3n) is 1.87. The molecule has 14 heavy (non-hydrogen) atoms. The first-order chi connectivity index (χ1) is 6.69. The summed E-state index contributed by atoms with van der Waals surface area (Å²) in [6.45, 7) is 7.31. The molecule has 0 saturated heterocycles. The van der Waals surface area contributed by atoms with E-state index in [4.69, 9.17) is 11.1 Å². The lowest BCUT2D eigenvalue weighted by molar-refractivity contribution is 1.29. The average Bonchev–Trinajstić information content (AvgIpc) is 2.20. The first-order valence-electron chi connectivity index (χ1n) is 4.17. The van der Waals surface area contributed by atoms with E-state index in [0.717, 1.165) is 5.69 Å². The Morgan fingerprint density at radius 1 is 1.21 bits per heavy atom. The van der Waals surface area contributed by atoms with E-state index in [1.54, 1.807) is 29.4 Å². The topological polar surface area (TPSA) is 53.1 Å². The van der Waals surface area contributed by atoms with E-state index in [1.165, 1.54) is 0 Å². The summed E-state index contributed by atoms with van der Waals surface area (Å²) in [5.41, 5.74) is 6.99. The maximum absolute atomic E-state index is 7.23. The van der Waals surface area contributed by atoms with Crippen molar-refractivity contribution in [2.75, 3.05) is 4.90 Å². The summed E-state index contributed by atoms with van der Waals surface area (Å²) in [5.74, 6) is 0.0697. The molecule has 0 aliphatic rings. The highest BCUT2D eigenvalue weighted by Gasteiger charge is 1.99. The van der Waals surface area contributed by atoms with Crippen molar-refractivity contribution in [2.24, 2.45) is 5.73 Å². The Kier molecular flexibility index (Phi) is 3.07. The van der Waals surface area contributed by atoms with Gasteiger partial charge in [0.05, 0.1) is 0 Å². The van der Waals surface area contributed by atoms with Crippen molar-refractivity contribution < 1.29 is 0 Å². The average molecular weight is 187 g/mol. The molecule has 0 aliphatic carbocycles. The van der Waals surface area contributed by atoms with Gasteiger partial charge in [-0.25, -0.2) is 0 Å². The quantitative estimate of drug-likeness (QED) is 0.560. The zero-order valence-corrected chi connectivity index (χ0v) is 7.90. The Morgan fingerprint density at radius 2 is 1.71 bits per heavy atom. The molecule has 0 aliphatic heterocycles. The van der Waals surface area contributed by atoms with Gasteiger partial charge in [-0.1, -0.05) is 13.2 Å².